The van der Waals surface area contributed by atoms with Gasteiger partial charge in [0.15, 0.2) is 18.1 Å². The maximum Gasteiger partial charge on any atom is 0.358 e. The average Bonchev–Trinajstić information content (AvgIpc) is 3.22. The van der Waals surface area contributed by atoms with Gasteiger partial charge in [-0.05, 0) is 48.5 Å². The highest BCUT2D eigenvalue weighted by atomic mass is 32.1. The predicted molar refractivity (Wildman–Crippen MR) is 102 cm³/mol. The molecule has 3 aromatic rings. The molecule has 0 radical (unpaired) electrons. The summed E-state index contributed by atoms with van der Waals surface area (Å²) >= 11 is 1.33. The molecular weight excluding hydrogens is 366 g/mol. The number of ketones is 1. The van der Waals surface area contributed by atoms with E-state index in [-0.39, 0.29) is 18.1 Å². The van der Waals surface area contributed by atoms with E-state index in [2.05, 4.69) is 4.98 Å². The van der Waals surface area contributed by atoms with Gasteiger partial charge in [0.1, 0.15) is 16.5 Å². The van der Waals surface area contributed by atoms with Gasteiger partial charge < -0.3 is 14.2 Å². The molecule has 2 aromatic carbocycles. The summed E-state index contributed by atoms with van der Waals surface area (Å²) in [5.41, 5.74) is 1.49. The van der Waals surface area contributed by atoms with Crippen molar-refractivity contribution in [3.05, 3.63) is 65.2 Å². The standard InChI is InChI=1S/C20H17NO5S/c1-24-15-7-3-13(4-8-15)18(22)11-26-20(23)17-12-27-19(21-17)14-5-9-16(25-2)10-6-14/h3-10,12H,11H2,1-2H3. The molecule has 6 nitrogen and oxygen atoms in total. The number of thiazole rings is 1. The van der Waals surface area contributed by atoms with Crippen molar-refractivity contribution in [1.29, 1.82) is 0 Å². The van der Waals surface area contributed by atoms with Crippen LogP contribution in [0, 0.1) is 0 Å². The van der Waals surface area contributed by atoms with Crippen LogP contribution < -0.4 is 9.47 Å². The highest BCUT2D eigenvalue weighted by molar-refractivity contribution is 7.13. The molecule has 1 aromatic heterocycles. The van der Waals surface area contributed by atoms with E-state index < -0.39 is 5.97 Å². The smallest absolute Gasteiger partial charge is 0.358 e. The van der Waals surface area contributed by atoms with Crippen molar-refractivity contribution >= 4 is 23.1 Å². The Kier molecular flexibility index (Phi) is 5.83. The van der Waals surface area contributed by atoms with Crippen LogP contribution in [0.2, 0.25) is 0 Å². The van der Waals surface area contributed by atoms with Crippen LogP contribution in [0.25, 0.3) is 10.6 Å². The topological polar surface area (TPSA) is 74.7 Å². The molecule has 0 unspecified atom stereocenters. The van der Waals surface area contributed by atoms with E-state index in [1.54, 1.807) is 43.9 Å². The van der Waals surface area contributed by atoms with Crippen molar-refractivity contribution < 1.29 is 23.8 Å². The van der Waals surface area contributed by atoms with E-state index in [1.807, 2.05) is 24.3 Å². The van der Waals surface area contributed by atoms with Crippen LogP contribution in [0.5, 0.6) is 11.5 Å². The summed E-state index contributed by atoms with van der Waals surface area (Å²) in [6, 6.07) is 14.0. The van der Waals surface area contributed by atoms with Gasteiger partial charge in [-0.25, -0.2) is 9.78 Å². The first-order chi connectivity index (χ1) is 13.1. The zero-order chi connectivity index (χ0) is 19.2. The first-order valence-electron chi connectivity index (χ1n) is 8.05. The van der Waals surface area contributed by atoms with E-state index in [0.29, 0.717) is 16.3 Å². The number of methoxy groups -OCH3 is 2. The molecule has 0 spiro atoms. The number of carbonyl (C=O) groups excluding carboxylic acids is 2. The summed E-state index contributed by atoms with van der Waals surface area (Å²) in [6.45, 7) is -0.347. The van der Waals surface area contributed by atoms with Gasteiger partial charge in [-0.1, -0.05) is 0 Å². The molecule has 0 fully saturated rings. The van der Waals surface area contributed by atoms with E-state index in [0.717, 1.165) is 11.3 Å². The number of hydrogen-bond donors (Lipinski definition) is 0. The molecule has 138 valence electrons. The number of aromatic nitrogens is 1. The fraction of sp³-hybridized carbons (Fsp3) is 0.150. The van der Waals surface area contributed by atoms with Crippen molar-refractivity contribution in [3.8, 4) is 22.1 Å². The molecular formula is C20H17NO5S. The minimum Gasteiger partial charge on any atom is -0.497 e. The molecule has 0 N–H and O–H groups in total. The Morgan fingerprint density at radius 2 is 1.52 bits per heavy atom. The monoisotopic (exact) mass is 383 g/mol. The maximum absolute atomic E-state index is 12.2. The summed E-state index contributed by atoms with van der Waals surface area (Å²) in [5, 5.41) is 2.30. The van der Waals surface area contributed by atoms with Crippen LogP contribution in [0.4, 0.5) is 0 Å². The minimum atomic E-state index is -0.632. The Morgan fingerprint density at radius 1 is 0.926 bits per heavy atom. The van der Waals surface area contributed by atoms with Gasteiger partial charge in [0.05, 0.1) is 14.2 Å². The zero-order valence-corrected chi connectivity index (χ0v) is 15.6. The molecule has 3 rings (SSSR count). The molecule has 1 heterocycles. The lowest BCUT2D eigenvalue weighted by molar-refractivity contribution is 0.0470. The highest BCUT2D eigenvalue weighted by Crippen LogP contribution is 2.26. The van der Waals surface area contributed by atoms with Gasteiger partial charge in [0.2, 0.25) is 0 Å². The third-order valence-corrected chi connectivity index (χ3v) is 4.69. The number of esters is 1. The Hall–Kier alpha value is -3.19. The fourth-order valence-electron chi connectivity index (χ4n) is 2.30. The molecule has 7 heteroatoms. The summed E-state index contributed by atoms with van der Waals surface area (Å²) in [4.78, 5) is 28.6. The van der Waals surface area contributed by atoms with Gasteiger partial charge >= 0.3 is 5.97 Å². The van der Waals surface area contributed by atoms with Gasteiger partial charge in [-0.15, -0.1) is 11.3 Å². The molecule has 0 aliphatic carbocycles. The number of benzene rings is 2. The third-order valence-electron chi connectivity index (χ3n) is 3.80. The zero-order valence-electron chi connectivity index (χ0n) is 14.8. The molecule has 0 aliphatic heterocycles. The van der Waals surface area contributed by atoms with Crippen molar-refractivity contribution in [1.82, 2.24) is 4.98 Å². The minimum absolute atomic E-state index is 0.174. The van der Waals surface area contributed by atoms with Crippen LogP contribution in [0.3, 0.4) is 0 Å². The number of hydrogen-bond acceptors (Lipinski definition) is 7. The van der Waals surface area contributed by atoms with Crippen LogP contribution in [0.1, 0.15) is 20.8 Å². The third kappa shape index (κ3) is 4.51. The first kappa shape index (κ1) is 18.6. The molecule has 0 aliphatic rings. The number of Topliss-reactive ketones (excluding diaryl/α,β-unsaturated/α-hetero) is 1. The normalized spacial score (nSPS) is 10.3. The highest BCUT2D eigenvalue weighted by Gasteiger charge is 2.16. The van der Waals surface area contributed by atoms with Crippen molar-refractivity contribution in [2.24, 2.45) is 0 Å². The lowest BCUT2D eigenvalue weighted by Gasteiger charge is -2.04. The van der Waals surface area contributed by atoms with Crippen LogP contribution in [0.15, 0.2) is 53.9 Å². The number of carbonyl (C=O) groups is 2. The van der Waals surface area contributed by atoms with Gasteiger partial charge in [-0.2, -0.15) is 0 Å². The number of rotatable bonds is 7. The average molecular weight is 383 g/mol. The Balaban J connectivity index is 1.60. The Bertz CT molecular complexity index is 932. The van der Waals surface area contributed by atoms with E-state index in [9.17, 15) is 9.59 Å². The van der Waals surface area contributed by atoms with Crippen LogP contribution in [-0.4, -0.2) is 37.6 Å². The second-order valence-electron chi connectivity index (χ2n) is 5.49. The first-order valence-corrected chi connectivity index (χ1v) is 8.93. The quantitative estimate of drug-likeness (QED) is 0.455. The Labute approximate surface area is 160 Å². The van der Waals surface area contributed by atoms with E-state index in [4.69, 9.17) is 14.2 Å². The van der Waals surface area contributed by atoms with Crippen molar-refractivity contribution in [2.45, 2.75) is 0 Å². The second kappa shape index (κ2) is 8.46. The summed E-state index contributed by atoms with van der Waals surface area (Å²) in [6.07, 6.45) is 0. The Morgan fingerprint density at radius 3 is 2.11 bits per heavy atom. The number of nitrogens with zero attached hydrogens (tertiary/aromatic N) is 1. The molecule has 27 heavy (non-hydrogen) atoms. The maximum atomic E-state index is 12.2. The lowest BCUT2D eigenvalue weighted by Crippen LogP contribution is -2.14. The largest absolute Gasteiger partial charge is 0.497 e. The fourth-order valence-corrected chi connectivity index (χ4v) is 3.09. The molecule has 0 amide bonds. The van der Waals surface area contributed by atoms with Gasteiger partial charge in [0.25, 0.3) is 0 Å². The summed E-state index contributed by atoms with van der Waals surface area (Å²) in [7, 11) is 3.15. The molecule has 0 bridgehead atoms. The lowest BCUT2D eigenvalue weighted by atomic mass is 10.1. The van der Waals surface area contributed by atoms with Crippen LogP contribution in [-0.2, 0) is 4.74 Å². The molecule has 0 saturated heterocycles. The van der Waals surface area contributed by atoms with Gasteiger partial charge in [-0.3, -0.25) is 4.79 Å². The van der Waals surface area contributed by atoms with Gasteiger partial charge in [0, 0.05) is 16.5 Å². The predicted octanol–water partition coefficient (Wildman–Crippen LogP) is 3.87. The SMILES string of the molecule is COc1ccc(C(=O)COC(=O)c2csc(-c3ccc(OC)cc3)n2)cc1. The molecule has 0 atom stereocenters. The summed E-state index contributed by atoms with van der Waals surface area (Å²) < 4.78 is 15.3. The number of ether oxygens (including phenoxy) is 3. The van der Waals surface area contributed by atoms with Crippen molar-refractivity contribution in [2.75, 3.05) is 20.8 Å². The van der Waals surface area contributed by atoms with Crippen molar-refractivity contribution in [3.63, 3.8) is 0 Å². The summed E-state index contributed by atoms with van der Waals surface area (Å²) in [5.74, 6) is 0.466. The van der Waals surface area contributed by atoms with Crippen LogP contribution >= 0.6 is 11.3 Å². The molecule has 0 saturated carbocycles. The van der Waals surface area contributed by atoms with E-state index in [1.165, 1.54) is 11.3 Å². The second-order valence-corrected chi connectivity index (χ2v) is 6.35. The van der Waals surface area contributed by atoms with E-state index >= 15 is 0 Å².